The number of pyridine rings is 1. The van der Waals surface area contributed by atoms with E-state index in [1.54, 1.807) is 12.1 Å². The lowest BCUT2D eigenvalue weighted by Crippen LogP contribution is -2.25. The van der Waals surface area contributed by atoms with Crippen LogP contribution in [0.5, 0.6) is 0 Å². The van der Waals surface area contributed by atoms with Gasteiger partial charge >= 0.3 is 0 Å². The van der Waals surface area contributed by atoms with Crippen LogP contribution in [0, 0.1) is 5.92 Å². The highest BCUT2D eigenvalue weighted by Crippen LogP contribution is 2.29. The second kappa shape index (κ2) is 9.69. The number of halogens is 2. The summed E-state index contributed by atoms with van der Waals surface area (Å²) in [6.07, 6.45) is 4.63. The Morgan fingerprint density at radius 2 is 2.03 bits per heavy atom. The van der Waals surface area contributed by atoms with Crippen molar-refractivity contribution in [2.24, 2.45) is 5.92 Å². The summed E-state index contributed by atoms with van der Waals surface area (Å²) < 4.78 is 31.9. The van der Waals surface area contributed by atoms with E-state index in [0.29, 0.717) is 11.3 Å². The van der Waals surface area contributed by atoms with Crippen molar-refractivity contribution in [1.29, 1.82) is 0 Å². The van der Waals surface area contributed by atoms with Gasteiger partial charge in [0.2, 0.25) is 11.9 Å². The number of carbonyl (C=O) groups excluding carboxylic acids is 2. The first-order valence-corrected chi connectivity index (χ1v) is 9.72. The number of nitrogens with zero attached hydrogens (tertiary/aromatic N) is 3. The van der Waals surface area contributed by atoms with E-state index in [-0.39, 0.29) is 42.2 Å². The summed E-state index contributed by atoms with van der Waals surface area (Å²) in [6.45, 7) is 3.85. The molecule has 10 heteroatoms. The molecule has 0 saturated heterocycles. The summed E-state index contributed by atoms with van der Waals surface area (Å²) >= 11 is 0. The van der Waals surface area contributed by atoms with Crippen LogP contribution in [0.3, 0.4) is 0 Å². The molecule has 1 saturated carbocycles. The molecular weight excluding hydrogens is 408 g/mol. The van der Waals surface area contributed by atoms with E-state index in [2.05, 4.69) is 32.2 Å². The SMILES string of the molecule is C=C(C)C(F)(F)COCc1ccc(CNC(=O)c2ccnc(NC(=O)C3CC3)n2)cn1. The highest BCUT2D eigenvalue weighted by molar-refractivity contribution is 5.94. The smallest absolute Gasteiger partial charge is 0.291 e. The fourth-order valence-electron chi connectivity index (χ4n) is 2.43. The lowest BCUT2D eigenvalue weighted by Gasteiger charge is -2.16. The van der Waals surface area contributed by atoms with Crippen LogP contribution in [0.15, 0.2) is 42.7 Å². The molecule has 1 fully saturated rings. The fourth-order valence-corrected chi connectivity index (χ4v) is 2.43. The number of ether oxygens (including phenoxy) is 1. The number of aromatic nitrogens is 3. The summed E-state index contributed by atoms with van der Waals surface area (Å²) in [5.41, 5.74) is 1.06. The van der Waals surface area contributed by atoms with Gasteiger partial charge in [-0.15, -0.1) is 0 Å². The molecular formula is C21H23F2N5O3. The molecule has 2 amide bonds. The number of alkyl halides is 2. The molecule has 164 valence electrons. The van der Waals surface area contributed by atoms with Gasteiger partial charge in [0.25, 0.3) is 11.8 Å². The van der Waals surface area contributed by atoms with Gasteiger partial charge in [-0.2, -0.15) is 8.78 Å². The molecule has 0 unspecified atom stereocenters. The van der Waals surface area contributed by atoms with Crippen LogP contribution in [0.1, 0.15) is 41.5 Å². The molecule has 0 atom stereocenters. The zero-order valence-corrected chi connectivity index (χ0v) is 17.0. The Morgan fingerprint density at radius 3 is 2.68 bits per heavy atom. The number of hydrogen-bond acceptors (Lipinski definition) is 6. The standard InChI is InChI=1S/C21H23F2N5O3/c1-13(2)21(22,23)12-31-11-16-6-3-14(9-25-16)10-26-19(30)17-7-8-24-20(27-17)28-18(29)15-4-5-15/h3,6-9,15H,1,4-5,10-12H2,2H3,(H,26,30)(H,24,27,28,29). The van der Waals surface area contributed by atoms with Gasteiger partial charge in [0.05, 0.1) is 12.3 Å². The van der Waals surface area contributed by atoms with Crippen LogP contribution >= 0.6 is 0 Å². The van der Waals surface area contributed by atoms with Gasteiger partial charge in [-0.05, 0) is 43.0 Å². The topological polar surface area (TPSA) is 106 Å². The van der Waals surface area contributed by atoms with Gasteiger partial charge in [-0.3, -0.25) is 19.9 Å². The van der Waals surface area contributed by atoms with Crippen LogP contribution in [0.2, 0.25) is 0 Å². The van der Waals surface area contributed by atoms with Crippen molar-refractivity contribution in [3.8, 4) is 0 Å². The first-order valence-electron chi connectivity index (χ1n) is 9.72. The van der Waals surface area contributed by atoms with Gasteiger partial charge in [0.15, 0.2) is 0 Å². The maximum absolute atomic E-state index is 13.4. The summed E-state index contributed by atoms with van der Waals surface area (Å²) in [6, 6.07) is 4.79. The Kier molecular flexibility index (Phi) is 7.01. The minimum Gasteiger partial charge on any atom is -0.369 e. The summed E-state index contributed by atoms with van der Waals surface area (Å²) in [4.78, 5) is 36.3. The molecule has 0 spiro atoms. The third-order valence-corrected chi connectivity index (χ3v) is 4.57. The highest BCUT2D eigenvalue weighted by atomic mass is 19.3. The second-order valence-electron chi connectivity index (χ2n) is 7.35. The normalized spacial score (nSPS) is 13.5. The van der Waals surface area contributed by atoms with Crippen LogP contribution in [0.25, 0.3) is 0 Å². The molecule has 3 rings (SSSR count). The van der Waals surface area contributed by atoms with Crippen LogP contribution in [-0.2, 0) is 22.7 Å². The van der Waals surface area contributed by atoms with Crippen LogP contribution < -0.4 is 10.6 Å². The van der Waals surface area contributed by atoms with E-state index in [0.717, 1.165) is 12.8 Å². The second-order valence-corrected chi connectivity index (χ2v) is 7.35. The first-order chi connectivity index (χ1) is 14.7. The zero-order valence-electron chi connectivity index (χ0n) is 17.0. The number of anilines is 1. The molecule has 0 aliphatic heterocycles. The van der Waals surface area contributed by atoms with Crippen molar-refractivity contribution in [2.75, 3.05) is 11.9 Å². The maximum atomic E-state index is 13.4. The Balaban J connectivity index is 1.47. The Labute approximate surface area is 178 Å². The molecule has 0 bridgehead atoms. The number of rotatable bonds is 10. The molecule has 2 heterocycles. The molecule has 1 aliphatic rings. The molecule has 0 radical (unpaired) electrons. The van der Waals surface area contributed by atoms with E-state index < -0.39 is 18.4 Å². The third-order valence-electron chi connectivity index (χ3n) is 4.57. The Morgan fingerprint density at radius 1 is 1.26 bits per heavy atom. The molecule has 1 aliphatic carbocycles. The van der Waals surface area contributed by atoms with E-state index in [1.165, 1.54) is 25.4 Å². The molecule has 31 heavy (non-hydrogen) atoms. The van der Waals surface area contributed by atoms with E-state index in [9.17, 15) is 18.4 Å². The number of hydrogen-bond donors (Lipinski definition) is 2. The van der Waals surface area contributed by atoms with Gasteiger partial charge in [0, 0.05) is 24.9 Å². The number of carbonyl (C=O) groups is 2. The monoisotopic (exact) mass is 431 g/mol. The van der Waals surface area contributed by atoms with Gasteiger partial charge < -0.3 is 10.1 Å². The maximum Gasteiger partial charge on any atom is 0.291 e. The van der Waals surface area contributed by atoms with Crippen molar-refractivity contribution in [2.45, 2.75) is 38.8 Å². The van der Waals surface area contributed by atoms with Crippen molar-refractivity contribution >= 4 is 17.8 Å². The lowest BCUT2D eigenvalue weighted by atomic mass is 10.2. The molecule has 0 aromatic carbocycles. The van der Waals surface area contributed by atoms with E-state index in [4.69, 9.17) is 4.74 Å². The third kappa shape index (κ3) is 6.61. The average Bonchev–Trinajstić information content (AvgIpc) is 3.58. The zero-order chi connectivity index (χ0) is 22.4. The molecule has 2 aromatic heterocycles. The minimum absolute atomic E-state index is 0.00421. The Hall–Kier alpha value is -3.27. The van der Waals surface area contributed by atoms with Crippen molar-refractivity contribution in [1.82, 2.24) is 20.3 Å². The quantitative estimate of drug-likeness (QED) is 0.561. The molecule has 8 nitrogen and oxygen atoms in total. The summed E-state index contributed by atoms with van der Waals surface area (Å²) in [7, 11) is 0. The highest BCUT2D eigenvalue weighted by Gasteiger charge is 2.30. The minimum atomic E-state index is -3.08. The van der Waals surface area contributed by atoms with Gasteiger partial charge in [-0.1, -0.05) is 12.6 Å². The van der Waals surface area contributed by atoms with Crippen LogP contribution in [-0.4, -0.2) is 39.3 Å². The summed E-state index contributed by atoms with van der Waals surface area (Å²) in [5, 5.41) is 5.30. The first kappa shape index (κ1) is 22.4. The average molecular weight is 431 g/mol. The number of nitrogens with one attached hydrogen (secondary N) is 2. The predicted octanol–water partition coefficient (Wildman–Crippen LogP) is 2.88. The predicted molar refractivity (Wildman–Crippen MR) is 108 cm³/mol. The van der Waals surface area contributed by atoms with E-state index in [1.807, 2.05) is 0 Å². The molecule has 2 N–H and O–H groups in total. The fraction of sp³-hybridized carbons (Fsp3) is 0.381. The van der Waals surface area contributed by atoms with Crippen molar-refractivity contribution in [3.63, 3.8) is 0 Å². The largest absolute Gasteiger partial charge is 0.369 e. The van der Waals surface area contributed by atoms with Crippen LogP contribution in [0.4, 0.5) is 14.7 Å². The lowest BCUT2D eigenvalue weighted by molar-refractivity contribution is -0.117. The van der Waals surface area contributed by atoms with Crippen molar-refractivity contribution < 1.29 is 23.1 Å². The summed E-state index contributed by atoms with van der Waals surface area (Å²) in [5.74, 6) is -3.56. The van der Waals surface area contributed by atoms with Gasteiger partial charge in [-0.25, -0.2) is 9.97 Å². The Bertz CT molecular complexity index is 962. The van der Waals surface area contributed by atoms with Gasteiger partial charge in [0.1, 0.15) is 12.3 Å². The number of amides is 2. The van der Waals surface area contributed by atoms with E-state index >= 15 is 0 Å². The van der Waals surface area contributed by atoms with Crippen molar-refractivity contribution in [3.05, 3.63) is 59.7 Å². The molecule has 2 aromatic rings.